The monoisotopic (exact) mass is 266 g/mol. The summed E-state index contributed by atoms with van der Waals surface area (Å²) in [7, 11) is 4.23. The standard InChI is InChI=1S/C15H26N2O2/c1-11(18)13-8-9-17(10-13)15(19)12-4-6-14(7-5-12)16(2)3/h12-14H,4-10H2,1-3H3/t12-,13-,14-/m1/s1. The SMILES string of the molecule is CC(=O)[C@@H]1CCN(C(=O)[C@H]2CC[C@H](N(C)C)CC2)C1. The average molecular weight is 266 g/mol. The average Bonchev–Trinajstić information content (AvgIpc) is 2.87. The van der Waals surface area contributed by atoms with Crippen LogP contribution in [0.1, 0.15) is 39.0 Å². The molecule has 0 radical (unpaired) electrons. The molecule has 0 aromatic heterocycles. The number of amides is 1. The Labute approximate surface area is 116 Å². The Bertz CT molecular complexity index is 346. The van der Waals surface area contributed by atoms with Crippen LogP contribution in [-0.2, 0) is 9.59 Å². The number of ketones is 1. The molecule has 108 valence electrons. The van der Waals surface area contributed by atoms with Gasteiger partial charge >= 0.3 is 0 Å². The van der Waals surface area contributed by atoms with Gasteiger partial charge in [-0.25, -0.2) is 0 Å². The third-order valence-electron chi connectivity index (χ3n) is 4.85. The lowest BCUT2D eigenvalue weighted by Crippen LogP contribution is -2.39. The van der Waals surface area contributed by atoms with Crippen LogP contribution in [0.25, 0.3) is 0 Å². The zero-order chi connectivity index (χ0) is 14.0. The van der Waals surface area contributed by atoms with Crippen molar-refractivity contribution in [2.24, 2.45) is 11.8 Å². The Kier molecular flexibility index (Phi) is 4.61. The minimum absolute atomic E-state index is 0.0852. The van der Waals surface area contributed by atoms with Crippen LogP contribution >= 0.6 is 0 Å². The van der Waals surface area contributed by atoms with E-state index < -0.39 is 0 Å². The maximum Gasteiger partial charge on any atom is 0.225 e. The van der Waals surface area contributed by atoms with Crippen LogP contribution < -0.4 is 0 Å². The minimum atomic E-state index is 0.0852. The molecule has 1 aliphatic heterocycles. The maximum atomic E-state index is 12.4. The Morgan fingerprint density at radius 1 is 1.00 bits per heavy atom. The predicted octanol–water partition coefficient (Wildman–Crippen LogP) is 1.54. The van der Waals surface area contributed by atoms with E-state index in [4.69, 9.17) is 0 Å². The first-order valence-corrected chi connectivity index (χ1v) is 7.44. The number of Topliss-reactive ketones (excluding diaryl/α,β-unsaturated/α-hetero) is 1. The minimum Gasteiger partial charge on any atom is -0.342 e. The molecule has 0 bridgehead atoms. The van der Waals surface area contributed by atoms with Crippen molar-refractivity contribution in [3.05, 3.63) is 0 Å². The van der Waals surface area contributed by atoms with E-state index in [1.807, 2.05) is 4.90 Å². The van der Waals surface area contributed by atoms with Gasteiger partial charge in [0.15, 0.2) is 0 Å². The van der Waals surface area contributed by atoms with Gasteiger partial charge in [0.2, 0.25) is 5.91 Å². The van der Waals surface area contributed by atoms with Gasteiger partial charge in [-0.3, -0.25) is 9.59 Å². The van der Waals surface area contributed by atoms with Crippen LogP contribution in [0, 0.1) is 11.8 Å². The van der Waals surface area contributed by atoms with E-state index in [0.29, 0.717) is 18.5 Å². The van der Waals surface area contributed by atoms with Crippen LogP contribution in [0.2, 0.25) is 0 Å². The molecule has 2 aliphatic rings. The van der Waals surface area contributed by atoms with Crippen molar-refractivity contribution in [1.29, 1.82) is 0 Å². The molecule has 1 atom stereocenters. The number of hydrogen-bond donors (Lipinski definition) is 0. The van der Waals surface area contributed by atoms with E-state index in [1.165, 1.54) is 0 Å². The lowest BCUT2D eigenvalue weighted by molar-refractivity contribution is -0.136. The van der Waals surface area contributed by atoms with Crippen LogP contribution in [-0.4, -0.2) is 54.7 Å². The molecule has 1 amide bonds. The third-order valence-corrected chi connectivity index (χ3v) is 4.85. The summed E-state index contributed by atoms with van der Waals surface area (Å²) in [5.41, 5.74) is 0. The van der Waals surface area contributed by atoms with Gasteiger partial charge in [-0.1, -0.05) is 0 Å². The van der Waals surface area contributed by atoms with Crippen LogP contribution in [0.3, 0.4) is 0 Å². The highest BCUT2D eigenvalue weighted by Crippen LogP contribution is 2.29. The van der Waals surface area contributed by atoms with Gasteiger partial charge in [0.1, 0.15) is 5.78 Å². The number of likely N-dealkylation sites (tertiary alicyclic amines) is 1. The molecule has 0 unspecified atom stereocenters. The Morgan fingerprint density at radius 3 is 2.11 bits per heavy atom. The quantitative estimate of drug-likeness (QED) is 0.778. The molecular weight excluding hydrogens is 240 g/mol. The van der Waals surface area contributed by atoms with Crippen molar-refractivity contribution in [2.75, 3.05) is 27.2 Å². The zero-order valence-electron chi connectivity index (χ0n) is 12.4. The molecule has 0 aromatic carbocycles. The van der Waals surface area contributed by atoms with E-state index in [9.17, 15) is 9.59 Å². The number of nitrogens with zero attached hydrogens (tertiary/aromatic N) is 2. The Balaban J connectivity index is 1.83. The van der Waals surface area contributed by atoms with Crippen molar-refractivity contribution >= 4 is 11.7 Å². The van der Waals surface area contributed by atoms with Crippen molar-refractivity contribution in [3.8, 4) is 0 Å². The van der Waals surface area contributed by atoms with Gasteiger partial charge < -0.3 is 9.80 Å². The van der Waals surface area contributed by atoms with Gasteiger partial charge in [-0.2, -0.15) is 0 Å². The first kappa shape index (κ1) is 14.5. The number of carbonyl (C=O) groups excluding carboxylic acids is 2. The summed E-state index contributed by atoms with van der Waals surface area (Å²) in [5.74, 6) is 0.802. The van der Waals surface area contributed by atoms with E-state index in [2.05, 4.69) is 19.0 Å². The summed E-state index contributed by atoms with van der Waals surface area (Å²) >= 11 is 0. The summed E-state index contributed by atoms with van der Waals surface area (Å²) in [4.78, 5) is 28.0. The van der Waals surface area contributed by atoms with Crippen LogP contribution in [0.4, 0.5) is 0 Å². The van der Waals surface area contributed by atoms with Crippen molar-refractivity contribution in [1.82, 2.24) is 9.80 Å². The fourth-order valence-electron chi connectivity index (χ4n) is 3.39. The predicted molar refractivity (Wildman–Crippen MR) is 74.8 cm³/mol. The lowest BCUT2D eigenvalue weighted by atomic mass is 9.84. The van der Waals surface area contributed by atoms with Gasteiger partial charge in [0.25, 0.3) is 0 Å². The third kappa shape index (κ3) is 3.35. The molecule has 4 heteroatoms. The topological polar surface area (TPSA) is 40.6 Å². The fraction of sp³-hybridized carbons (Fsp3) is 0.867. The van der Waals surface area contributed by atoms with Crippen LogP contribution in [0.15, 0.2) is 0 Å². The van der Waals surface area contributed by atoms with Gasteiger partial charge in [-0.15, -0.1) is 0 Å². The number of rotatable bonds is 3. The van der Waals surface area contributed by atoms with Gasteiger partial charge in [0.05, 0.1) is 0 Å². The number of carbonyl (C=O) groups is 2. The molecule has 0 N–H and O–H groups in total. The summed E-state index contributed by atoms with van der Waals surface area (Å²) in [6.45, 7) is 3.07. The summed E-state index contributed by atoms with van der Waals surface area (Å²) < 4.78 is 0. The highest BCUT2D eigenvalue weighted by atomic mass is 16.2. The summed E-state index contributed by atoms with van der Waals surface area (Å²) in [5, 5.41) is 0. The summed E-state index contributed by atoms with van der Waals surface area (Å²) in [6, 6.07) is 0.632. The zero-order valence-corrected chi connectivity index (χ0v) is 12.4. The normalized spacial score (nSPS) is 31.8. The lowest BCUT2D eigenvalue weighted by Gasteiger charge is -2.33. The molecule has 2 fully saturated rings. The van der Waals surface area contributed by atoms with Crippen molar-refractivity contribution in [3.63, 3.8) is 0 Å². The molecular formula is C15H26N2O2. The Hall–Kier alpha value is -0.900. The molecule has 1 saturated heterocycles. The highest BCUT2D eigenvalue weighted by Gasteiger charge is 2.34. The second-order valence-electron chi connectivity index (χ2n) is 6.35. The molecule has 2 rings (SSSR count). The van der Waals surface area contributed by atoms with Gasteiger partial charge in [-0.05, 0) is 53.1 Å². The van der Waals surface area contributed by atoms with E-state index in [1.54, 1.807) is 6.92 Å². The van der Waals surface area contributed by atoms with Crippen molar-refractivity contribution < 1.29 is 9.59 Å². The smallest absolute Gasteiger partial charge is 0.225 e. The molecule has 0 aromatic rings. The summed E-state index contributed by atoms with van der Waals surface area (Å²) in [6.07, 6.45) is 5.10. The highest BCUT2D eigenvalue weighted by molar-refractivity contribution is 5.83. The maximum absolute atomic E-state index is 12.4. The van der Waals surface area contributed by atoms with E-state index >= 15 is 0 Å². The first-order valence-electron chi connectivity index (χ1n) is 7.44. The second-order valence-corrected chi connectivity index (χ2v) is 6.35. The van der Waals surface area contributed by atoms with Crippen LogP contribution in [0.5, 0.6) is 0 Å². The number of hydrogen-bond acceptors (Lipinski definition) is 3. The molecule has 1 saturated carbocycles. The molecule has 4 nitrogen and oxygen atoms in total. The largest absolute Gasteiger partial charge is 0.342 e. The molecule has 1 heterocycles. The Morgan fingerprint density at radius 2 is 1.63 bits per heavy atom. The van der Waals surface area contributed by atoms with E-state index in [0.717, 1.165) is 38.6 Å². The molecule has 19 heavy (non-hydrogen) atoms. The van der Waals surface area contributed by atoms with E-state index in [-0.39, 0.29) is 17.6 Å². The first-order chi connectivity index (χ1) is 8.99. The van der Waals surface area contributed by atoms with Crippen molar-refractivity contribution in [2.45, 2.75) is 45.1 Å². The molecule has 1 aliphatic carbocycles. The fourth-order valence-corrected chi connectivity index (χ4v) is 3.39. The van der Waals surface area contributed by atoms with Gasteiger partial charge in [0, 0.05) is 31.0 Å². The second kappa shape index (κ2) is 6.04. The molecule has 0 spiro atoms.